The van der Waals surface area contributed by atoms with Crippen LogP contribution in [0.3, 0.4) is 0 Å². The average Bonchev–Trinajstić information content (AvgIpc) is 3.10. The summed E-state index contributed by atoms with van der Waals surface area (Å²) in [5.74, 6) is -0.567. The largest absolute Gasteiger partial charge is 0.497 e. The predicted molar refractivity (Wildman–Crippen MR) is 116 cm³/mol. The van der Waals surface area contributed by atoms with Gasteiger partial charge >= 0.3 is 0 Å². The lowest BCUT2D eigenvalue weighted by molar-refractivity contribution is -0.120. The fourth-order valence-electron chi connectivity index (χ4n) is 2.58. The van der Waals surface area contributed by atoms with Crippen LogP contribution >= 0.6 is 23.7 Å². The third-order valence-corrected chi connectivity index (χ3v) is 5.15. The number of carbonyl (C=O) groups is 1. The highest BCUT2D eigenvalue weighted by Crippen LogP contribution is 2.31. The summed E-state index contributed by atoms with van der Waals surface area (Å²) in [6, 6.07) is 8.86. The molecule has 0 radical (unpaired) electrons. The molecule has 3 aromatic rings. The Labute approximate surface area is 183 Å². The molecule has 6 nitrogen and oxygen atoms in total. The van der Waals surface area contributed by atoms with Gasteiger partial charge in [-0.2, -0.15) is 0 Å². The monoisotopic (exact) mass is 457 g/mol. The number of ether oxygens (including phenoxy) is 2. The normalized spacial score (nSPS) is 10.7. The quantitative estimate of drug-likeness (QED) is 0.512. The highest BCUT2D eigenvalue weighted by atomic mass is 35.5. The number of hydrogen-bond donors (Lipinski definition) is 0. The summed E-state index contributed by atoms with van der Waals surface area (Å²) in [5, 5.41) is 0.301. The Morgan fingerprint density at radius 2 is 1.77 bits per heavy atom. The molecule has 0 spiro atoms. The first-order valence-corrected chi connectivity index (χ1v) is 9.66. The number of anilines is 1. The molecule has 1 aromatic heterocycles. The van der Waals surface area contributed by atoms with Crippen LogP contribution in [0.25, 0.3) is 10.2 Å². The smallest absolute Gasteiger partial charge is 0.266 e. The number of amides is 1. The Hall–Kier alpha value is -2.49. The molecule has 0 fully saturated rings. The maximum atomic E-state index is 14.0. The van der Waals surface area contributed by atoms with Gasteiger partial charge in [0.2, 0.25) is 0 Å². The molecule has 0 saturated carbocycles. The van der Waals surface area contributed by atoms with E-state index in [9.17, 15) is 13.6 Å². The lowest BCUT2D eigenvalue weighted by Crippen LogP contribution is -2.39. The highest BCUT2D eigenvalue weighted by molar-refractivity contribution is 7.22. The summed E-state index contributed by atoms with van der Waals surface area (Å²) in [4.78, 5) is 20.4. The molecular formula is C20H22ClF2N3O3S. The second kappa shape index (κ2) is 10.5. The first kappa shape index (κ1) is 23.8. The number of fused-ring (bicyclic) bond motifs is 1. The number of rotatable bonds is 8. The number of halogens is 3. The molecule has 0 N–H and O–H groups in total. The topological polar surface area (TPSA) is 54.9 Å². The van der Waals surface area contributed by atoms with E-state index in [1.165, 1.54) is 11.0 Å². The molecule has 0 unspecified atom stereocenters. The third-order valence-electron chi connectivity index (χ3n) is 4.13. The second-order valence-corrected chi connectivity index (χ2v) is 7.55. The van der Waals surface area contributed by atoms with Gasteiger partial charge in [0.1, 0.15) is 22.8 Å². The van der Waals surface area contributed by atoms with Crippen molar-refractivity contribution in [2.45, 2.75) is 0 Å². The van der Waals surface area contributed by atoms with Crippen LogP contribution in [-0.4, -0.2) is 56.7 Å². The van der Waals surface area contributed by atoms with E-state index in [4.69, 9.17) is 9.47 Å². The Balaban J connectivity index is 0.00000320. The summed E-state index contributed by atoms with van der Waals surface area (Å²) in [5.41, 5.74) is 0.0464. The number of benzene rings is 2. The fraction of sp³-hybridized carbons (Fsp3) is 0.300. The summed E-state index contributed by atoms with van der Waals surface area (Å²) in [7, 11) is 5.32. The van der Waals surface area contributed by atoms with Crippen molar-refractivity contribution < 1.29 is 23.0 Å². The Morgan fingerprint density at radius 3 is 2.40 bits per heavy atom. The molecule has 30 heavy (non-hydrogen) atoms. The van der Waals surface area contributed by atoms with E-state index >= 15 is 0 Å². The molecule has 162 valence electrons. The SMILES string of the molecule is COc1ccc(OCC(=O)N(CCN(C)C)c2nc3c(F)cc(F)cc3s2)cc1.Cl. The van der Waals surface area contributed by atoms with Gasteiger partial charge < -0.3 is 14.4 Å². The summed E-state index contributed by atoms with van der Waals surface area (Å²) in [6.07, 6.45) is 0. The van der Waals surface area contributed by atoms with Gasteiger partial charge in [-0.15, -0.1) is 12.4 Å². The van der Waals surface area contributed by atoms with E-state index in [1.54, 1.807) is 31.4 Å². The minimum Gasteiger partial charge on any atom is -0.497 e. The van der Waals surface area contributed by atoms with E-state index in [1.807, 2.05) is 19.0 Å². The van der Waals surface area contributed by atoms with Crippen LogP contribution in [0.5, 0.6) is 11.5 Å². The zero-order valence-electron chi connectivity index (χ0n) is 16.7. The van der Waals surface area contributed by atoms with Crippen molar-refractivity contribution in [3.63, 3.8) is 0 Å². The Bertz CT molecular complexity index is 999. The zero-order chi connectivity index (χ0) is 21.0. The zero-order valence-corrected chi connectivity index (χ0v) is 18.4. The van der Waals surface area contributed by atoms with Crippen molar-refractivity contribution in [3.05, 3.63) is 48.0 Å². The highest BCUT2D eigenvalue weighted by Gasteiger charge is 2.22. The molecule has 0 aliphatic heterocycles. The van der Waals surface area contributed by atoms with Crippen molar-refractivity contribution in [1.29, 1.82) is 0 Å². The maximum absolute atomic E-state index is 14.0. The molecule has 1 amide bonds. The van der Waals surface area contributed by atoms with Gasteiger partial charge in [-0.3, -0.25) is 9.69 Å². The second-order valence-electron chi connectivity index (χ2n) is 6.54. The summed E-state index contributed by atoms with van der Waals surface area (Å²) in [6.45, 7) is 0.690. The molecule has 2 aromatic carbocycles. The van der Waals surface area contributed by atoms with Crippen LogP contribution in [0.4, 0.5) is 13.9 Å². The van der Waals surface area contributed by atoms with Crippen molar-refractivity contribution >= 4 is 45.0 Å². The van der Waals surface area contributed by atoms with E-state index in [2.05, 4.69) is 4.98 Å². The van der Waals surface area contributed by atoms with Crippen LogP contribution in [-0.2, 0) is 4.79 Å². The van der Waals surface area contributed by atoms with Gasteiger partial charge in [0.05, 0.1) is 11.8 Å². The number of nitrogens with zero attached hydrogens (tertiary/aromatic N) is 3. The number of carbonyl (C=O) groups excluding carboxylic acids is 1. The van der Waals surface area contributed by atoms with Gasteiger partial charge in [-0.1, -0.05) is 11.3 Å². The van der Waals surface area contributed by atoms with Crippen molar-refractivity contribution in [1.82, 2.24) is 9.88 Å². The van der Waals surface area contributed by atoms with E-state index in [0.29, 0.717) is 34.4 Å². The molecule has 10 heteroatoms. The Morgan fingerprint density at radius 1 is 1.10 bits per heavy atom. The maximum Gasteiger partial charge on any atom is 0.266 e. The average molecular weight is 458 g/mol. The van der Waals surface area contributed by atoms with E-state index < -0.39 is 11.6 Å². The summed E-state index contributed by atoms with van der Waals surface area (Å²) >= 11 is 1.06. The first-order chi connectivity index (χ1) is 13.9. The minimum absolute atomic E-state index is 0. The molecule has 3 rings (SSSR count). The number of hydrogen-bond acceptors (Lipinski definition) is 6. The van der Waals surface area contributed by atoms with Crippen LogP contribution < -0.4 is 14.4 Å². The lowest BCUT2D eigenvalue weighted by atomic mass is 10.3. The van der Waals surface area contributed by atoms with Gasteiger partial charge in [0.25, 0.3) is 5.91 Å². The van der Waals surface area contributed by atoms with Crippen LogP contribution in [0.1, 0.15) is 0 Å². The number of aromatic nitrogens is 1. The number of methoxy groups -OCH3 is 1. The van der Waals surface area contributed by atoms with Gasteiger partial charge in [-0.25, -0.2) is 13.8 Å². The predicted octanol–water partition coefficient (Wildman–Crippen LogP) is 3.98. The molecule has 0 saturated heterocycles. The van der Waals surface area contributed by atoms with Crippen molar-refractivity contribution in [3.8, 4) is 11.5 Å². The van der Waals surface area contributed by atoms with Crippen LogP contribution in [0.15, 0.2) is 36.4 Å². The molecule has 0 atom stereocenters. The molecule has 0 aliphatic rings. The van der Waals surface area contributed by atoms with E-state index in [0.717, 1.165) is 17.4 Å². The molecule has 0 aliphatic carbocycles. The van der Waals surface area contributed by atoms with Gasteiger partial charge in [0, 0.05) is 19.2 Å². The van der Waals surface area contributed by atoms with E-state index in [-0.39, 0.29) is 30.4 Å². The minimum atomic E-state index is -0.753. The van der Waals surface area contributed by atoms with Crippen molar-refractivity contribution in [2.75, 3.05) is 45.8 Å². The standard InChI is InChI=1S/C20H21F2N3O3S.ClH/c1-24(2)8-9-25(18(26)12-28-15-6-4-14(27-3)5-7-15)20-23-19-16(22)10-13(21)11-17(19)29-20;/h4-7,10-11H,8-9,12H2,1-3H3;1H. The fourth-order valence-corrected chi connectivity index (χ4v) is 3.63. The van der Waals surface area contributed by atoms with Crippen LogP contribution in [0, 0.1) is 11.6 Å². The Kier molecular flexibility index (Phi) is 8.33. The number of thiazole rings is 1. The van der Waals surface area contributed by atoms with Gasteiger partial charge in [0.15, 0.2) is 17.6 Å². The third kappa shape index (κ3) is 5.78. The molecule has 0 bridgehead atoms. The molecular weight excluding hydrogens is 436 g/mol. The van der Waals surface area contributed by atoms with Crippen molar-refractivity contribution in [2.24, 2.45) is 0 Å². The number of likely N-dealkylation sites (N-methyl/N-ethyl adjacent to an activating group) is 1. The van der Waals surface area contributed by atoms with Crippen LogP contribution in [0.2, 0.25) is 0 Å². The summed E-state index contributed by atoms with van der Waals surface area (Å²) < 4.78 is 38.5. The first-order valence-electron chi connectivity index (χ1n) is 8.85. The molecule has 1 heterocycles. The van der Waals surface area contributed by atoms with Gasteiger partial charge in [-0.05, 0) is 44.4 Å². The lowest BCUT2D eigenvalue weighted by Gasteiger charge is -2.22.